The number of H-pyrrole nitrogens is 1. The van der Waals surface area contributed by atoms with Crippen molar-refractivity contribution in [3.05, 3.63) is 102 Å². The molecule has 8 nitrogen and oxygen atoms in total. The lowest BCUT2D eigenvalue weighted by Crippen LogP contribution is -2.29. The molecule has 6 rings (SSSR count). The number of ether oxygens (including phenoxy) is 1. The Balaban J connectivity index is 1.53. The van der Waals surface area contributed by atoms with E-state index in [1.54, 1.807) is 6.20 Å². The number of aliphatic hydroxyl groups is 1. The second-order valence-corrected chi connectivity index (χ2v) is 10.3. The van der Waals surface area contributed by atoms with Gasteiger partial charge in [-0.2, -0.15) is 0 Å². The number of hydrogen-bond acceptors (Lipinski definition) is 5. The van der Waals surface area contributed by atoms with Crippen LogP contribution >= 0.6 is 0 Å². The van der Waals surface area contributed by atoms with E-state index in [0.29, 0.717) is 41.2 Å². The van der Waals surface area contributed by atoms with Gasteiger partial charge in [0.2, 0.25) is 0 Å². The average Bonchev–Trinajstić information content (AvgIpc) is 3.60. The molecule has 1 aliphatic rings. The fourth-order valence-electron chi connectivity index (χ4n) is 5.47. The minimum Gasteiger partial charge on any atom is -0.487 e. The Bertz CT molecular complexity index is 1760. The number of benzene rings is 3. The topological polar surface area (TPSA) is 99.6 Å². The van der Waals surface area contributed by atoms with E-state index in [1.165, 1.54) is 0 Å². The minimum absolute atomic E-state index is 0.283. The van der Waals surface area contributed by atoms with E-state index in [4.69, 9.17) is 4.74 Å². The van der Waals surface area contributed by atoms with Crippen LogP contribution in [0.1, 0.15) is 16.7 Å². The van der Waals surface area contributed by atoms with E-state index in [9.17, 15) is 14.7 Å². The number of hydrogen-bond donors (Lipinski definition) is 3. The first-order valence-corrected chi connectivity index (χ1v) is 13.2. The molecule has 0 fully saturated rings. The van der Waals surface area contributed by atoms with Gasteiger partial charge in [-0.05, 0) is 31.8 Å². The zero-order chi connectivity index (χ0) is 27.8. The van der Waals surface area contributed by atoms with Crippen molar-refractivity contribution >= 4 is 44.8 Å². The third-order valence-electron chi connectivity index (χ3n) is 7.14. The highest BCUT2D eigenvalue weighted by atomic mass is 16.5. The highest BCUT2D eigenvalue weighted by Crippen LogP contribution is 2.40. The molecule has 2 aromatic heterocycles. The van der Waals surface area contributed by atoms with E-state index < -0.39 is 17.9 Å². The van der Waals surface area contributed by atoms with E-state index >= 15 is 0 Å². The lowest BCUT2D eigenvalue weighted by Gasteiger charge is -2.18. The van der Waals surface area contributed by atoms with Gasteiger partial charge in [-0.15, -0.1) is 0 Å². The summed E-state index contributed by atoms with van der Waals surface area (Å²) >= 11 is 0. The molecule has 0 saturated carbocycles. The highest BCUT2D eigenvalue weighted by Gasteiger charge is 2.35. The van der Waals surface area contributed by atoms with Crippen molar-refractivity contribution in [1.29, 1.82) is 0 Å². The van der Waals surface area contributed by atoms with Crippen LogP contribution in [0.15, 0.2) is 85.2 Å². The number of amides is 2. The van der Waals surface area contributed by atoms with Crippen molar-refractivity contribution in [2.24, 2.45) is 0 Å². The molecular formula is C32H30N4O4. The van der Waals surface area contributed by atoms with E-state index in [2.05, 4.69) is 10.3 Å². The van der Waals surface area contributed by atoms with Crippen LogP contribution in [0, 0.1) is 0 Å². The van der Waals surface area contributed by atoms with Crippen LogP contribution in [0.3, 0.4) is 0 Å². The van der Waals surface area contributed by atoms with Gasteiger partial charge in [0.1, 0.15) is 12.4 Å². The molecule has 3 N–H and O–H groups in total. The Labute approximate surface area is 231 Å². The van der Waals surface area contributed by atoms with Crippen LogP contribution in [0.2, 0.25) is 0 Å². The number of aromatic amines is 1. The summed E-state index contributed by atoms with van der Waals surface area (Å²) in [6, 6.07) is 23.3. The second-order valence-electron chi connectivity index (χ2n) is 10.3. The Morgan fingerprint density at radius 1 is 0.875 bits per heavy atom. The monoisotopic (exact) mass is 534 g/mol. The highest BCUT2D eigenvalue weighted by molar-refractivity contribution is 6.50. The van der Waals surface area contributed by atoms with Crippen molar-refractivity contribution in [3.63, 3.8) is 0 Å². The summed E-state index contributed by atoms with van der Waals surface area (Å²) in [6.45, 7) is 1.11. The summed E-state index contributed by atoms with van der Waals surface area (Å²) in [5.74, 6) is -0.257. The number of aliphatic hydroxyl groups excluding tert-OH is 1. The summed E-state index contributed by atoms with van der Waals surface area (Å²) in [6.07, 6.45) is 2.95. The number of fused-ring (bicyclic) bond motifs is 2. The van der Waals surface area contributed by atoms with Crippen LogP contribution in [-0.2, 0) is 22.7 Å². The van der Waals surface area contributed by atoms with Gasteiger partial charge in [-0.1, -0.05) is 60.7 Å². The fraction of sp³-hybridized carbons (Fsp3) is 0.188. The maximum Gasteiger partial charge on any atom is 0.259 e. The summed E-state index contributed by atoms with van der Waals surface area (Å²) in [5, 5.41) is 15.0. The van der Waals surface area contributed by atoms with Crippen LogP contribution in [0.5, 0.6) is 5.75 Å². The molecule has 202 valence electrons. The normalized spacial score (nSPS) is 14.5. The summed E-state index contributed by atoms with van der Waals surface area (Å²) in [4.78, 5) is 31.7. The van der Waals surface area contributed by atoms with Crippen molar-refractivity contribution in [1.82, 2.24) is 19.8 Å². The Morgan fingerprint density at radius 3 is 2.35 bits per heavy atom. The third-order valence-corrected chi connectivity index (χ3v) is 7.14. The SMILES string of the molecule is CN(C)CC(O)Cn1cc(C2=C(c3c[nH]c4ccccc34)C(=O)NC2=O)c2cccc(OCc3ccccc3)c21. The number of nitrogens with zero attached hydrogens (tertiary/aromatic N) is 2. The first-order chi connectivity index (χ1) is 19.4. The Morgan fingerprint density at radius 2 is 1.57 bits per heavy atom. The fourth-order valence-corrected chi connectivity index (χ4v) is 5.47. The second kappa shape index (κ2) is 10.5. The molecule has 0 aliphatic carbocycles. The molecule has 0 spiro atoms. The number of carbonyl (C=O) groups is 2. The predicted molar refractivity (Wildman–Crippen MR) is 156 cm³/mol. The van der Waals surface area contributed by atoms with Crippen LogP contribution in [0.4, 0.5) is 0 Å². The standard InChI is InChI=1S/C32H30N4O4/c1-35(2)16-21(37)17-36-18-25(23-12-8-14-27(30(23)36)40-19-20-9-4-3-5-10-20)29-28(31(38)34-32(29)39)24-15-33-26-13-7-6-11-22(24)26/h3-15,18,21,33,37H,16-17,19H2,1-2H3,(H,34,38,39). The van der Waals surface area contributed by atoms with Gasteiger partial charge < -0.3 is 24.3 Å². The van der Waals surface area contributed by atoms with Crippen molar-refractivity contribution in [3.8, 4) is 5.75 Å². The van der Waals surface area contributed by atoms with Gasteiger partial charge in [-0.3, -0.25) is 14.9 Å². The van der Waals surface area contributed by atoms with Crippen LogP contribution < -0.4 is 10.1 Å². The minimum atomic E-state index is -0.665. The molecule has 3 aromatic carbocycles. The van der Waals surface area contributed by atoms with Gasteiger partial charge in [0.05, 0.1) is 22.8 Å². The number of carbonyl (C=O) groups excluding carboxylic acids is 2. The summed E-state index contributed by atoms with van der Waals surface area (Å²) in [5.41, 5.74) is 4.56. The summed E-state index contributed by atoms with van der Waals surface area (Å²) in [7, 11) is 3.81. The third kappa shape index (κ3) is 4.68. The number of nitrogens with one attached hydrogen (secondary N) is 2. The van der Waals surface area contributed by atoms with Crippen LogP contribution in [0.25, 0.3) is 33.0 Å². The zero-order valence-corrected chi connectivity index (χ0v) is 22.3. The smallest absolute Gasteiger partial charge is 0.259 e. The maximum atomic E-state index is 13.3. The molecule has 8 heteroatoms. The maximum absolute atomic E-state index is 13.3. The largest absolute Gasteiger partial charge is 0.487 e. The molecule has 0 saturated heterocycles. The van der Waals surface area contributed by atoms with Gasteiger partial charge in [0.15, 0.2) is 0 Å². The number of para-hydroxylation sites is 2. The zero-order valence-electron chi connectivity index (χ0n) is 22.3. The van der Waals surface area contributed by atoms with E-state index in [1.807, 2.05) is 103 Å². The Kier molecular flexibility index (Phi) is 6.71. The first-order valence-electron chi connectivity index (χ1n) is 13.2. The number of imide groups is 1. The molecule has 2 amide bonds. The van der Waals surface area contributed by atoms with Gasteiger partial charge in [0.25, 0.3) is 11.8 Å². The number of rotatable bonds is 9. The van der Waals surface area contributed by atoms with Gasteiger partial charge in [-0.25, -0.2) is 0 Å². The molecule has 1 unspecified atom stereocenters. The molecule has 0 radical (unpaired) electrons. The van der Waals surface area contributed by atoms with E-state index in [-0.39, 0.29) is 6.54 Å². The molecular weight excluding hydrogens is 504 g/mol. The lowest BCUT2D eigenvalue weighted by molar-refractivity contribution is -0.122. The molecule has 5 aromatic rings. The van der Waals surface area contributed by atoms with Crippen LogP contribution in [-0.4, -0.2) is 58.1 Å². The number of aromatic nitrogens is 2. The predicted octanol–water partition coefficient (Wildman–Crippen LogP) is 4.19. The first kappa shape index (κ1) is 25.6. The molecule has 3 heterocycles. The molecule has 0 bridgehead atoms. The molecule has 40 heavy (non-hydrogen) atoms. The van der Waals surface area contributed by atoms with E-state index in [0.717, 1.165) is 27.4 Å². The molecule has 1 atom stereocenters. The Hall–Kier alpha value is -4.66. The molecule has 1 aliphatic heterocycles. The van der Waals surface area contributed by atoms with Crippen molar-refractivity contribution in [2.75, 3.05) is 20.6 Å². The van der Waals surface area contributed by atoms with Crippen molar-refractivity contribution in [2.45, 2.75) is 19.3 Å². The van der Waals surface area contributed by atoms with Crippen molar-refractivity contribution < 1.29 is 19.4 Å². The number of likely N-dealkylation sites (N-methyl/N-ethyl adjacent to an activating group) is 1. The summed E-state index contributed by atoms with van der Waals surface area (Å²) < 4.78 is 8.21. The quantitative estimate of drug-likeness (QED) is 0.246. The lowest BCUT2D eigenvalue weighted by atomic mass is 9.95. The average molecular weight is 535 g/mol. The van der Waals surface area contributed by atoms with Gasteiger partial charge >= 0.3 is 0 Å². The van der Waals surface area contributed by atoms with Gasteiger partial charge in [0, 0.05) is 52.9 Å².